The molecular weight excluding hydrogens is 442 g/mol. The molecule has 0 radical (unpaired) electrons. The summed E-state index contributed by atoms with van der Waals surface area (Å²) in [5.74, 6) is -2.25. The topological polar surface area (TPSA) is 65.5 Å². The molecule has 0 bridgehead atoms. The van der Waals surface area contributed by atoms with E-state index in [0.29, 0.717) is 6.54 Å². The van der Waals surface area contributed by atoms with Gasteiger partial charge in [0, 0.05) is 36.3 Å². The number of rotatable bonds is 6. The van der Waals surface area contributed by atoms with Crippen molar-refractivity contribution in [1.29, 1.82) is 0 Å². The van der Waals surface area contributed by atoms with Crippen molar-refractivity contribution in [3.63, 3.8) is 0 Å². The van der Waals surface area contributed by atoms with E-state index in [4.69, 9.17) is 11.6 Å². The number of anilines is 2. The van der Waals surface area contributed by atoms with Crippen LogP contribution in [0.3, 0.4) is 0 Å². The fraction of sp³-hybridized carbons (Fsp3) is 0.500. The molecule has 1 saturated heterocycles. The monoisotopic (exact) mass is 464 g/mol. The number of hydrogen-bond donors (Lipinski definition) is 1. The Labute approximate surface area is 178 Å². The van der Waals surface area contributed by atoms with Gasteiger partial charge in [0.05, 0.1) is 5.69 Å². The molecule has 29 heavy (non-hydrogen) atoms. The predicted octanol–water partition coefficient (Wildman–Crippen LogP) is 4.04. The van der Waals surface area contributed by atoms with Crippen LogP contribution in [0.4, 0.5) is 19.6 Å². The van der Waals surface area contributed by atoms with Crippen LogP contribution in [0.1, 0.15) is 20.3 Å². The van der Waals surface area contributed by atoms with Crippen LogP contribution in [-0.2, 0) is 10.0 Å². The van der Waals surface area contributed by atoms with Crippen LogP contribution in [0.15, 0.2) is 22.5 Å². The lowest BCUT2D eigenvalue weighted by molar-refractivity contribution is 0.264. The molecule has 6 nitrogen and oxygen atoms in total. The average Bonchev–Trinajstić information content (AvgIpc) is 3.18. The summed E-state index contributed by atoms with van der Waals surface area (Å²) in [6, 6.07) is 1.00. The molecule has 0 aliphatic carbocycles. The smallest absolute Gasteiger partial charge is 0.269 e. The minimum absolute atomic E-state index is 0.0104. The Hall–Kier alpha value is -1.49. The Balaban J connectivity index is 2.00. The zero-order valence-electron chi connectivity index (χ0n) is 16.5. The number of thiazole rings is 1. The van der Waals surface area contributed by atoms with Crippen molar-refractivity contribution in [2.45, 2.75) is 30.7 Å². The molecule has 1 aromatic heterocycles. The molecular formula is C18H23ClF2N4O2S2. The molecule has 2 heterocycles. The highest BCUT2D eigenvalue weighted by molar-refractivity contribution is 7.93. The first-order valence-electron chi connectivity index (χ1n) is 8.97. The molecule has 0 saturated carbocycles. The largest absolute Gasteiger partial charge is 0.365 e. The number of aromatic nitrogens is 1. The Kier molecular flexibility index (Phi) is 6.11. The Morgan fingerprint density at radius 2 is 2.10 bits per heavy atom. The first-order valence-corrected chi connectivity index (χ1v) is 11.7. The van der Waals surface area contributed by atoms with Gasteiger partial charge in [-0.3, -0.25) is 4.72 Å². The zero-order valence-corrected chi connectivity index (χ0v) is 18.9. The zero-order chi connectivity index (χ0) is 21.6. The highest BCUT2D eigenvalue weighted by Crippen LogP contribution is 2.43. The number of benzene rings is 1. The lowest BCUT2D eigenvalue weighted by atomic mass is 9.88. The minimum Gasteiger partial charge on any atom is -0.365 e. The van der Waals surface area contributed by atoms with Crippen LogP contribution in [0, 0.1) is 17.6 Å². The van der Waals surface area contributed by atoms with E-state index >= 15 is 4.39 Å². The number of nitrogens with zero attached hydrogens (tertiary/aromatic N) is 3. The Morgan fingerprint density at radius 3 is 2.69 bits per heavy atom. The standard InChI is InChI=1S/C18H23ClF2N4O2S2/c1-18(2)11(10-24(3)4)5-7-25(18)13-9-12(20)16(15(21)14(13)19)29(26,27)23-17-22-6-8-28-17/h6,8-9,11H,5,7,10H2,1-4H3,(H,22,23)/t11-/m1/s1. The predicted molar refractivity (Wildman–Crippen MR) is 112 cm³/mol. The van der Waals surface area contributed by atoms with Gasteiger partial charge in [0.15, 0.2) is 15.8 Å². The highest BCUT2D eigenvalue weighted by atomic mass is 35.5. The van der Waals surface area contributed by atoms with Crippen molar-refractivity contribution in [1.82, 2.24) is 9.88 Å². The summed E-state index contributed by atoms with van der Waals surface area (Å²) in [6.45, 7) is 5.37. The number of sulfonamides is 1. The van der Waals surface area contributed by atoms with Gasteiger partial charge in [0.1, 0.15) is 10.8 Å². The summed E-state index contributed by atoms with van der Waals surface area (Å²) in [5.41, 5.74) is -0.257. The van der Waals surface area contributed by atoms with Gasteiger partial charge in [0.2, 0.25) is 0 Å². The second-order valence-corrected chi connectivity index (χ2v) is 10.7. The summed E-state index contributed by atoms with van der Waals surface area (Å²) in [7, 11) is -0.580. The molecule has 160 valence electrons. The van der Waals surface area contributed by atoms with Crippen molar-refractivity contribution in [3.8, 4) is 0 Å². The first-order chi connectivity index (χ1) is 13.4. The fourth-order valence-corrected chi connectivity index (χ4v) is 6.02. The lowest BCUT2D eigenvalue weighted by Gasteiger charge is -2.39. The quantitative estimate of drug-likeness (QED) is 0.653. The van der Waals surface area contributed by atoms with Gasteiger partial charge < -0.3 is 9.80 Å². The molecule has 3 rings (SSSR count). The van der Waals surface area contributed by atoms with Crippen LogP contribution in [0.25, 0.3) is 0 Å². The van der Waals surface area contributed by atoms with Crippen LogP contribution in [-0.4, -0.2) is 51.0 Å². The maximum Gasteiger partial charge on any atom is 0.269 e. The first kappa shape index (κ1) is 22.2. The van der Waals surface area contributed by atoms with Gasteiger partial charge in [-0.1, -0.05) is 11.6 Å². The van der Waals surface area contributed by atoms with E-state index in [0.717, 1.165) is 30.4 Å². The third-order valence-corrected chi connectivity index (χ3v) is 7.84. The number of halogens is 3. The average molecular weight is 465 g/mol. The summed E-state index contributed by atoms with van der Waals surface area (Å²) in [4.78, 5) is 6.59. The van der Waals surface area contributed by atoms with Gasteiger partial charge in [-0.05, 0) is 40.3 Å². The van der Waals surface area contributed by atoms with Crippen LogP contribution < -0.4 is 9.62 Å². The van der Waals surface area contributed by atoms with E-state index in [-0.39, 0.29) is 16.7 Å². The van der Waals surface area contributed by atoms with Crippen molar-refractivity contribution in [2.75, 3.05) is 36.8 Å². The maximum atomic E-state index is 15.0. The van der Waals surface area contributed by atoms with E-state index in [1.807, 2.05) is 32.8 Å². The normalized spacial score (nSPS) is 19.2. The number of nitrogens with one attached hydrogen (secondary N) is 1. The van der Waals surface area contributed by atoms with E-state index in [2.05, 4.69) is 14.6 Å². The van der Waals surface area contributed by atoms with Crippen molar-refractivity contribution < 1.29 is 17.2 Å². The second-order valence-electron chi connectivity index (χ2n) is 7.83. The van der Waals surface area contributed by atoms with Gasteiger partial charge in [-0.15, -0.1) is 11.3 Å². The summed E-state index contributed by atoms with van der Waals surface area (Å²) < 4.78 is 57.0. The third-order valence-electron chi connectivity index (χ3n) is 5.29. The van der Waals surface area contributed by atoms with Gasteiger partial charge in [-0.2, -0.15) is 0 Å². The molecule has 0 amide bonds. The molecule has 1 aliphatic rings. The van der Waals surface area contributed by atoms with E-state index < -0.39 is 37.1 Å². The van der Waals surface area contributed by atoms with Crippen LogP contribution in [0.2, 0.25) is 5.02 Å². The molecule has 0 spiro atoms. The van der Waals surface area contributed by atoms with Gasteiger partial charge >= 0.3 is 0 Å². The highest BCUT2D eigenvalue weighted by Gasteiger charge is 2.43. The molecule has 1 fully saturated rings. The Bertz CT molecular complexity index is 998. The van der Waals surface area contributed by atoms with Crippen molar-refractivity contribution >= 4 is 43.8 Å². The van der Waals surface area contributed by atoms with E-state index in [9.17, 15) is 12.8 Å². The van der Waals surface area contributed by atoms with Gasteiger partial charge in [-0.25, -0.2) is 22.2 Å². The molecule has 1 atom stereocenters. The fourth-order valence-electron chi connectivity index (χ4n) is 3.78. The van der Waals surface area contributed by atoms with Crippen LogP contribution >= 0.6 is 22.9 Å². The van der Waals surface area contributed by atoms with Crippen LogP contribution in [0.5, 0.6) is 0 Å². The molecule has 11 heteroatoms. The minimum atomic E-state index is -4.52. The maximum absolute atomic E-state index is 15.0. The molecule has 1 aromatic carbocycles. The SMILES string of the molecule is CN(C)C[C@H]1CCN(c2cc(F)c(S(=O)(=O)Nc3nccs3)c(F)c2Cl)C1(C)C. The molecule has 0 unspecified atom stereocenters. The van der Waals surface area contributed by atoms with Crippen molar-refractivity contribution in [3.05, 3.63) is 34.3 Å². The molecule has 1 N–H and O–H groups in total. The summed E-state index contributed by atoms with van der Waals surface area (Å²) >= 11 is 7.22. The number of hydrogen-bond acceptors (Lipinski definition) is 6. The second kappa shape index (κ2) is 7.98. The summed E-state index contributed by atoms with van der Waals surface area (Å²) in [6.07, 6.45) is 2.21. The third kappa shape index (κ3) is 4.21. The van der Waals surface area contributed by atoms with E-state index in [1.54, 1.807) is 5.38 Å². The summed E-state index contributed by atoms with van der Waals surface area (Å²) in [5, 5.41) is 1.14. The molecule has 1 aliphatic heterocycles. The molecule has 2 aromatic rings. The Morgan fingerprint density at radius 1 is 1.41 bits per heavy atom. The lowest BCUT2D eigenvalue weighted by Crippen LogP contribution is -2.45. The van der Waals surface area contributed by atoms with Crippen molar-refractivity contribution in [2.24, 2.45) is 5.92 Å². The van der Waals surface area contributed by atoms with Gasteiger partial charge in [0.25, 0.3) is 10.0 Å². The van der Waals surface area contributed by atoms with E-state index in [1.165, 1.54) is 6.20 Å².